The van der Waals surface area contributed by atoms with Gasteiger partial charge in [0, 0.05) is 11.8 Å². The summed E-state index contributed by atoms with van der Waals surface area (Å²) in [6, 6.07) is 7.55. The van der Waals surface area contributed by atoms with Crippen molar-refractivity contribution in [3.63, 3.8) is 0 Å². The number of amides is 1. The highest BCUT2D eigenvalue weighted by Gasteiger charge is 2.10. The third kappa shape index (κ3) is 3.07. The van der Waals surface area contributed by atoms with E-state index in [-0.39, 0.29) is 5.91 Å². The maximum Gasteiger partial charge on any atom is 0.250 e. The van der Waals surface area contributed by atoms with Crippen LogP contribution in [0.15, 0.2) is 34.4 Å². The summed E-state index contributed by atoms with van der Waals surface area (Å²) in [5.41, 5.74) is 3.25. The predicted molar refractivity (Wildman–Crippen MR) is 68.6 cm³/mol. The average molecular weight is 249 g/mol. The highest BCUT2D eigenvalue weighted by Crippen LogP contribution is 2.16. The number of aliphatic imine (C=N–C) groups is 1. The molecule has 1 amide bonds. The largest absolute Gasteiger partial charge is 0.496 e. The van der Waals surface area contributed by atoms with Gasteiger partial charge in [0.05, 0.1) is 12.9 Å². The van der Waals surface area contributed by atoms with Crippen LogP contribution in [0.4, 0.5) is 0 Å². The molecule has 1 heterocycles. The van der Waals surface area contributed by atoms with Gasteiger partial charge in [-0.3, -0.25) is 4.79 Å². The summed E-state index contributed by atoms with van der Waals surface area (Å²) in [6.07, 6.45) is 1.67. The van der Waals surface area contributed by atoms with E-state index in [1.165, 1.54) is 11.8 Å². The number of hydrogen-bond acceptors (Lipinski definition) is 5. The van der Waals surface area contributed by atoms with Gasteiger partial charge in [-0.1, -0.05) is 23.9 Å². The maximum absolute atomic E-state index is 10.9. The van der Waals surface area contributed by atoms with Crippen LogP contribution in [0.2, 0.25) is 0 Å². The number of hydrogen-bond donors (Lipinski definition) is 1. The van der Waals surface area contributed by atoms with E-state index < -0.39 is 0 Å². The van der Waals surface area contributed by atoms with Gasteiger partial charge in [0.25, 0.3) is 5.91 Å². The van der Waals surface area contributed by atoms with Gasteiger partial charge in [0.1, 0.15) is 5.75 Å². The molecule has 0 saturated carbocycles. The van der Waals surface area contributed by atoms with E-state index in [9.17, 15) is 4.79 Å². The van der Waals surface area contributed by atoms with Crippen LogP contribution in [0, 0.1) is 0 Å². The molecule has 1 aromatic carbocycles. The normalized spacial score (nSPS) is 15.6. The molecule has 0 atom stereocenters. The molecule has 17 heavy (non-hydrogen) atoms. The second-order valence-corrected chi connectivity index (χ2v) is 4.16. The zero-order valence-electron chi connectivity index (χ0n) is 9.21. The van der Waals surface area contributed by atoms with Crippen LogP contribution in [0.5, 0.6) is 5.75 Å². The molecule has 1 N–H and O–H groups in total. The number of amidine groups is 1. The second-order valence-electron chi connectivity index (χ2n) is 3.22. The zero-order chi connectivity index (χ0) is 12.1. The number of ether oxygens (including phenoxy) is 1. The van der Waals surface area contributed by atoms with Crippen molar-refractivity contribution < 1.29 is 9.53 Å². The lowest BCUT2D eigenvalue weighted by molar-refractivity contribution is -0.118. The van der Waals surface area contributed by atoms with E-state index in [1.807, 2.05) is 24.3 Å². The SMILES string of the molecule is COc1ccccc1/C=N/C1=NNC(=O)CS1. The molecule has 1 aliphatic heterocycles. The van der Waals surface area contributed by atoms with Gasteiger partial charge in [0.2, 0.25) is 5.17 Å². The van der Waals surface area contributed by atoms with Crippen molar-refractivity contribution in [3.8, 4) is 5.75 Å². The summed E-state index contributed by atoms with van der Waals surface area (Å²) in [5, 5.41) is 4.36. The molecule has 6 heteroatoms. The summed E-state index contributed by atoms with van der Waals surface area (Å²) in [5.74, 6) is 0.996. The van der Waals surface area contributed by atoms with Gasteiger partial charge in [-0.15, -0.1) is 5.10 Å². The Hall–Kier alpha value is -1.82. The van der Waals surface area contributed by atoms with E-state index in [4.69, 9.17) is 4.74 Å². The van der Waals surface area contributed by atoms with Crippen LogP contribution in [-0.2, 0) is 4.79 Å². The lowest BCUT2D eigenvalue weighted by Gasteiger charge is -2.07. The Morgan fingerprint density at radius 2 is 2.35 bits per heavy atom. The molecule has 1 aromatic rings. The fourth-order valence-electron chi connectivity index (χ4n) is 1.27. The van der Waals surface area contributed by atoms with Gasteiger partial charge in [-0.05, 0) is 12.1 Å². The van der Waals surface area contributed by atoms with Crippen molar-refractivity contribution >= 4 is 29.1 Å². The van der Waals surface area contributed by atoms with Crippen LogP contribution >= 0.6 is 11.8 Å². The standard InChI is InChI=1S/C11H11N3O2S/c1-16-9-5-3-2-4-8(9)6-12-11-14-13-10(15)7-17-11/h2-6H,7H2,1H3,(H,13,15)/b12-6+. The lowest BCUT2D eigenvalue weighted by atomic mass is 10.2. The van der Waals surface area contributed by atoms with Crippen LogP contribution in [-0.4, -0.2) is 30.2 Å². The van der Waals surface area contributed by atoms with Gasteiger partial charge >= 0.3 is 0 Å². The highest BCUT2D eigenvalue weighted by molar-refractivity contribution is 8.14. The van der Waals surface area contributed by atoms with E-state index in [0.717, 1.165) is 11.3 Å². The van der Waals surface area contributed by atoms with Crippen LogP contribution < -0.4 is 10.2 Å². The monoisotopic (exact) mass is 249 g/mol. The van der Waals surface area contributed by atoms with E-state index >= 15 is 0 Å². The first kappa shape index (κ1) is 11.7. The molecular weight excluding hydrogens is 238 g/mol. The second kappa shape index (κ2) is 5.49. The first-order valence-corrected chi connectivity index (χ1v) is 5.94. The maximum atomic E-state index is 10.9. The number of methoxy groups -OCH3 is 1. The highest BCUT2D eigenvalue weighted by atomic mass is 32.2. The Labute approximate surface area is 103 Å². The van der Waals surface area contributed by atoms with Crippen molar-refractivity contribution in [3.05, 3.63) is 29.8 Å². The minimum absolute atomic E-state index is 0.105. The van der Waals surface area contributed by atoms with Gasteiger partial charge in [0.15, 0.2) is 0 Å². The van der Waals surface area contributed by atoms with Gasteiger partial charge in [-0.25, -0.2) is 10.4 Å². The molecular formula is C11H11N3O2S. The summed E-state index contributed by atoms with van der Waals surface area (Å²) in [4.78, 5) is 15.1. The fraction of sp³-hybridized carbons (Fsp3) is 0.182. The predicted octanol–water partition coefficient (Wildman–Crippen LogP) is 1.25. The topological polar surface area (TPSA) is 63.1 Å². The van der Waals surface area contributed by atoms with Gasteiger partial charge < -0.3 is 4.74 Å². The quantitative estimate of drug-likeness (QED) is 0.802. The first-order valence-electron chi connectivity index (χ1n) is 4.96. The number of hydrazone groups is 1. The molecule has 0 aromatic heterocycles. The summed E-state index contributed by atoms with van der Waals surface area (Å²) in [7, 11) is 1.61. The fourth-order valence-corrected chi connectivity index (χ4v) is 1.83. The Morgan fingerprint density at radius 3 is 3.06 bits per heavy atom. The number of para-hydroxylation sites is 1. The number of nitrogens with zero attached hydrogens (tertiary/aromatic N) is 2. The average Bonchev–Trinajstić information content (AvgIpc) is 2.38. The molecule has 0 fully saturated rings. The van der Waals surface area contributed by atoms with E-state index in [0.29, 0.717) is 10.9 Å². The van der Waals surface area contributed by atoms with E-state index in [2.05, 4.69) is 15.5 Å². The molecule has 2 rings (SSSR count). The van der Waals surface area contributed by atoms with Crippen LogP contribution in [0.1, 0.15) is 5.56 Å². The van der Waals surface area contributed by atoms with Gasteiger partial charge in [-0.2, -0.15) is 0 Å². The summed E-state index contributed by atoms with van der Waals surface area (Å²) in [6.45, 7) is 0. The smallest absolute Gasteiger partial charge is 0.250 e. The first-order chi connectivity index (χ1) is 8.29. The molecule has 88 valence electrons. The van der Waals surface area contributed by atoms with Crippen molar-refractivity contribution in [2.45, 2.75) is 0 Å². The Balaban J connectivity index is 2.12. The number of thioether (sulfide) groups is 1. The number of rotatable bonds is 2. The summed E-state index contributed by atoms with van der Waals surface area (Å²) >= 11 is 1.30. The molecule has 0 saturated heterocycles. The number of carbonyl (C=O) groups excluding carboxylic acids is 1. The van der Waals surface area contributed by atoms with Crippen molar-refractivity contribution in [1.82, 2.24) is 5.43 Å². The number of benzene rings is 1. The molecule has 0 aliphatic carbocycles. The van der Waals surface area contributed by atoms with Crippen molar-refractivity contribution in [2.24, 2.45) is 10.1 Å². The molecule has 0 unspecified atom stereocenters. The van der Waals surface area contributed by atoms with E-state index in [1.54, 1.807) is 13.3 Å². The molecule has 0 bridgehead atoms. The zero-order valence-corrected chi connectivity index (χ0v) is 10.0. The minimum atomic E-state index is -0.105. The molecule has 0 spiro atoms. The third-order valence-electron chi connectivity index (χ3n) is 2.06. The number of carbonyl (C=O) groups is 1. The van der Waals surface area contributed by atoms with Crippen LogP contribution in [0.25, 0.3) is 0 Å². The molecule has 5 nitrogen and oxygen atoms in total. The molecule has 1 aliphatic rings. The molecule has 0 radical (unpaired) electrons. The Kier molecular flexibility index (Phi) is 3.77. The lowest BCUT2D eigenvalue weighted by Crippen LogP contribution is -2.25. The van der Waals surface area contributed by atoms with Crippen LogP contribution in [0.3, 0.4) is 0 Å². The summed E-state index contributed by atoms with van der Waals surface area (Å²) < 4.78 is 5.19. The Bertz CT molecular complexity index is 485. The van der Waals surface area contributed by atoms with Crippen molar-refractivity contribution in [1.29, 1.82) is 0 Å². The Morgan fingerprint density at radius 1 is 1.53 bits per heavy atom. The third-order valence-corrected chi connectivity index (χ3v) is 2.92. The number of nitrogens with one attached hydrogen (secondary N) is 1. The van der Waals surface area contributed by atoms with Crippen molar-refractivity contribution in [2.75, 3.05) is 12.9 Å². The minimum Gasteiger partial charge on any atom is -0.496 e.